The van der Waals surface area contributed by atoms with Gasteiger partial charge < -0.3 is 10.6 Å². The van der Waals surface area contributed by atoms with E-state index in [4.69, 9.17) is 12.2 Å². The van der Waals surface area contributed by atoms with Crippen molar-refractivity contribution >= 4 is 17.3 Å². The highest BCUT2D eigenvalue weighted by Gasteiger charge is 2.24. The number of thiocarbonyl (C=S) groups is 1. The largest absolute Gasteiger partial charge is 0.360 e. The Balaban J connectivity index is 1.75. The van der Waals surface area contributed by atoms with Gasteiger partial charge in [0.25, 0.3) is 0 Å². The van der Waals surface area contributed by atoms with Gasteiger partial charge in [-0.25, -0.2) is 0 Å². The molecule has 2 N–H and O–H groups in total. The van der Waals surface area contributed by atoms with Crippen LogP contribution in [0.2, 0.25) is 0 Å². The van der Waals surface area contributed by atoms with Crippen LogP contribution in [0.25, 0.3) is 0 Å². The Morgan fingerprint density at radius 2 is 1.65 bits per heavy atom. The van der Waals surface area contributed by atoms with E-state index in [1.165, 1.54) is 57.8 Å². The molecule has 0 radical (unpaired) electrons. The van der Waals surface area contributed by atoms with Crippen molar-refractivity contribution in [3.8, 4) is 0 Å². The molecule has 2 rings (SSSR count). The average molecular weight is 254 g/mol. The van der Waals surface area contributed by atoms with Gasteiger partial charge >= 0.3 is 0 Å². The first-order valence-corrected chi connectivity index (χ1v) is 7.77. The van der Waals surface area contributed by atoms with Crippen molar-refractivity contribution < 1.29 is 0 Å². The predicted molar refractivity (Wildman–Crippen MR) is 77.2 cm³/mol. The Labute approximate surface area is 111 Å². The fourth-order valence-electron chi connectivity index (χ4n) is 3.35. The van der Waals surface area contributed by atoms with Crippen LogP contribution in [-0.4, -0.2) is 17.2 Å². The van der Waals surface area contributed by atoms with Crippen molar-refractivity contribution in [3.63, 3.8) is 0 Å². The highest BCUT2D eigenvalue weighted by molar-refractivity contribution is 7.80. The molecule has 2 aliphatic carbocycles. The van der Waals surface area contributed by atoms with Gasteiger partial charge in [-0.15, -0.1) is 0 Å². The summed E-state index contributed by atoms with van der Waals surface area (Å²) in [5.74, 6) is 0.826. The summed E-state index contributed by atoms with van der Waals surface area (Å²) in [4.78, 5) is 0. The Morgan fingerprint density at radius 1 is 1.00 bits per heavy atom. The van der Waals surface area contributed by atoms with E-state index in [2.05, 4.69) is 17.6 Å². The minimum atomic E-state index is 0.621. The Bertz CT molecular complexity index is 249. The Hall–Kier alpha value is -0.310. The summed E-state index contributed by atoms with van der Waals surface area (Å²) >= 11 is 5.45. The van der Waals surface area contributed by atoms with Gasteiger partial charge in [0, 0.05) is 12.1 Å². The topological polar surface area (TPSA) is 24.1 Å². The maximum atomic E-state index is 5.45. The van der Waals surface area contributed by atoms with Crippen LogP contribution < -0.4 is 10.6 Å². The van der Waals surface area contributed by atoms with E-state index < -0.39 is 0 Å². The summed E-state index contributed by atoms with van der Waals surface area (Å²) in [5, 5.41) is 7.96. The van der Waals surface area contributed by atoms with Crippen LogP contribution in [0.5, 0.6) is 0 Å². The zero-order valence-corrected chi connectivity index (χ0v) is 11.8. The molecule has 2 nitrogen and oxygen atoms in total. The molecule has 2 fully saturated rings. The van der Waals surface area contributed by atoms with Crippen molar-refractivity contribution in [1.82, 2.24) is 10.6 Å². The minimum Gasteiger partial charge on any atom is -0.360 e. The second-order valence-corrected chi connectivity index (χ2v) is 6.07. The average Bonchev–Trinajstić information content (AvgIpc) is 2.82. The number of nitrogens with one attached hydrogen (secondary N) is 2. The number of hydrogen-bond donors (Lipinski definition) is 2. The van der Waals surface area contributed by atoms with Gasteiger partial charge in [-0.1, -0.05) is 39.0 Å². The van der Waals surface area contributed by atoms with Crippen LogP contribution in [0.4, 0.5) is 0 Å². The molecular weight excluding hydrogens is 228 g/mol. The van der Waals surface area contributed by atoms with Crippen molar-refractivity contribution in [2.45, 2.75) is 76.8 Å². The van der Waals surface area contributed by atoms with Gasteiger partial charge in [0.1, 0.15) is 0 Å². The zero-order valence-electron chi connectivity index (χ0n) is 11.0. The fraction of sp³-hybridized carbons (Fsp3) is 0.929. The maximum Gasteiger partial charge on any atom is 0.166 e. The van der Waals surface area contributed by atoms with E-state index in [1.54, 1.807) is 0 Å². The molecule has 2 aliphatic rings. The molecule has 0 spiro atoms. The van der Waals surface area contributed by atoms with Gasteiger partial charge in [0.05, 0.1) is 0 Å². The molecular formula is C14H26N2S. The standard InChI is InChI=1S/C14H26N2S/c1-2-11-7-3-6-10-13(11)16-14(17)15-12-8-4-5-9-12/h11-13H,2-10H2,1H3,(H2,15,16,17). The maximum absolute atomic E-state index is 5.45. The summed E-state index contributed by atoms with van der Waals surface area (Å²) < 4.78 is 0. The minimum absolute atomic E-state index is 0.621. The molecule has 2 atom stereocenters. The zero-order chi connectivity index (χ0) is 12.1. The van der Waals surface area contributed by atoms with Gasteiger partial charge in [0.2, 0.25) is 0 Å². The highest BCUT2D eigenvalue weighted by atomic mass is 32.1. The third kappa shape index (κ3) is 3.84. The molecule has 0 amide bonds. The molecule has 0 aromatic heterocycles. The van der Waals surface area contributed by atoms with E-state index in [1.807, 2.05) is 0 Å². The fourth-order valence-corrected chi connectivity index (χ4v) is 3.67. The molecule has 2 unspecified atom stereocenters. The molecule has 0 saturated heterocycles. The quantitative estimate of drug-likeness (QED) is 0.755. The van der Waals surface area contributed by atoms with Crippen LogP contribution >= 0.6 is 12.2 Å². The molecule has 3 heteroatoms. The molecule has 0 aromatic rings. The van der Waals surface area contributed by atoms with Crippen molar-refractivity contribution in [2.75, 3.05) is 0 Å². The van der Waals surface area contributed by atoms with Crippen molar-refractivity contribution in [1.29, 1.82) is 0 Å². The Morgan fingerprint density at radius 3 is 2.35 bits per heavy atom. The number of hydrogen-bond acceptors (Lipinski definition) is 1. The SMILES string of the molecule is CCC1CCCCC1NC(=S)NC1CCCC1. The first-order valence-electron chi connectivity index (χ1n) is 7.36. The number of rotatable bonds is 3. The van der Waals surface area contributed by atoms with E-state index >= 15 is 0 Å². The first kappa shape index (κ1) is 13.1. The van der Waals surface area contributed by atoms with E-state index in [-0.39, 0.29) is 0 Å². The Kier molecular flexibility index (Phi) is 5.08. The lowest BCUT2D eigenvalue weighted by atomic mass is 9.83. The smallest absolute Gasteiger partial charge is 0.166 e. The summed E-state index contributed by atoms with van der Waals surface area (Å²) in [6, 6.07) is 1.26. The van der Waals surface area contributed by atoms with Crippen LogP contribution in [0, 0.1) is 5.92 Å². The third-order valence-electron chi connectivity index (χ3n) is 4.44. The van der Waals surface area contributed by atoms with Gasteiger partial charge in [-0.3, -0.25) is 0 Å². The van der Waals surface area contributed by atoms with Gasteiger partial charge in [0.15, 0.2) is 5.11 Å². The highest BCUT2D eigenvalue weighted by Crippen LogP contribution is 2.26. The van der Waals surface area contributed by atoms with Crippen molar-refractivity contribution in [3.05, 3.63) is 0 Å². The summed E-state index contributed by atoms with van der Waals surface area (Å²) in [6.45, 7) is 2.30. The lowest BCUT2D eigenvalue weighted by Gasteiger charge is -2.33. The van der Waals surface area contributed by atoms with Crippen LogP contribution in [0.15, 0.2) is 0 Å². The summed E-state index contributed by atoms with van der Waals surface area (Å²) in [6.07, 6.45) is 12.0. The summed E-state index contributed by atoms with van der Waals surface area (Å²) in [7, 11) is 0. The molecule has 0 heterocycles. The molecule has 0 aromatic carbocycles. The first-order chi connectivity index (χ1) is 8.29. The molecule has 2 saturated carbocycles. The molecule has 98 valence electrons. The lowest BCUT2D eigenvalue weighted by Crippen LogP contribution is -2.48. The van der Waals surface area contributed by atoms with E-state index in [0.717, 1.165) is 11.0 Å². The van der Waals surface area contributed by atoms with Crippen LogP contribution in [-0.2, 0) is 0 Å². The molecule has 0 bridgehead atoms. The summed E-state index contributed by atoms with van der Waals surface area (Å²) in [5.41, 5.74) is 0. The predicted octanol–water partition coefficient (Wildman–Crippen LogP) is 3.36. The molecule has 0 aliphatic heterocycles. The van der Waals surface area contributed by atoms with Crippen LogP contribution in [0.3, 0.4) is 0 Å². The monoisotopic (exact) mass is 254 g/mol. The van der Waals surface area contributed by atoms with Gasteiger partial charge in [-0.2, -0.15) is 0 Å². The van der Waals surface area contributed by atoms with Gasteiger partial charge in [-0.05, 0) is 43.8 Å². The molecule has 17 heavy (non-hydrogen) atoms. The normalized spacial score (nSPS) is 30.2. The lowest BCUT2D eigenvalue weighted by molar-refractivity contribution is 0.279. The van der Waals surface area contributed by atoms with Crippen LogP contribution in [0.1, 0.15) is 64.7 Å². The second kappa shape index (κ2) is 6.58. The third-order valence-corrected chi connectivity index (χ3v) is 4.68. The second-order valence-electron chi connectivity index (χ2n) is 5.66. The van der Waals surface area contributed by atoms with E-state index in [9.17, 15) is 0 Å². The van der Waals surface area contributed by atoms with Crippen molar-refractivity contribution in [2.24, 2.45) is 5.92 Å². The van der Waals surface area contributed by atoms with E-state index in [0.29, 0.717) is 12.1 Å².